The van der Waals surface area contributed by atoms with Gasteiger partial charge in [-0.3, -0.25) is 0 Å². The quantitative estimate of drug-likeness (QED) is 0.646. The topological polar surface area (TPSA) is 3.88 Å². The van der Waals surface area contributed by atoms with E-state index >= 15 is 0 Å². The molecule has 2 aromatic rings. The summed E-state index contributed by atoms with van der Waals surface area (Å²) >= 11 is 0. The van der Waals surface area contributed by atoms with Gasteiger partial charge in [0.15, 0.2) is 6.20 Å². The Labute approximate surface area is 136 Å². The van der Waals surface area contributed by atoms with Gasteiger partial charge in [-0.05, 0) is 41.0 Å². The number of aromatic nitrogens is 1. The lowest BCUT2D eigenvalue weighted by atomic mass is 9.84. The Bertz CT molecular complexity index is 621. The summed E-state index contributed by atoms with van der Waals surface area (Å²) < 4.78 is 2.25. The third kappa shape index (κ3) is 3.40. The maximum absolute atomic E-state index is 2.33. The van der Waals surface area contributed by atoms with Crippen LogP contribution >= 0.6 is 0 Å². The molecule has 0 amide bonds. The maximum atomic E-state index is 2.33. The molecule has 0 spiro atoms. The van der Waals surface area contributed by atoms with Crippen LogP contribution in [0.3, 0.4) is 0 Å². The summed E-state index contributed by atoms with van der Waals surface area (Å²) in [5.74, 6) is 0. The monoisotopic (exact) mass is 296 g/mol. The Balaban J connectivity index is 2.49. The van der Waals surface area contributed by atoms with Crippen LogP contribution in [0.2, 0.25) is 0 Å². The summed E-state index contributed by atoms with van der Waals surface area (Å²) in [6, 6.07) is 11.4. The smallest absolute Gasteiger partial charge is 0.201 e. The van der Waals surface area contributed by atoms with E-state index in [0.29, 0.717) is 0 Å². The highest BCUT2D eigenvalue weighted by molar-refractivity contribution is 5.62. The highest BCUT2D eigenvalue weighted by atomic mass is 14.9. The third-order valence-electron chi connectivity index (χ3n) is 4.37. The summed E-state index contributed by atoms with van der Waals surface area (Å²) in [6.07, 6.45) is 2.26. The highest BCUT2D eigenvalue weighted by Crippen LogP contribution is 2.29. The number of hydrogen-bond donors (Lipinski definition) is 0. The van der Waals surface area contributed by atoms with E-state index in [0.717, 1.165) is 0 Å². The van der Waals surface area contributed by atoms with Gasteiger partial charge in [-0.1, -0.05) is 53.7 Å². The Hall–Kier alpha value is -1.63. The van der Waals surface area contributed by atoms with Gasteiger partial charge >= 0.3 is 0 Å². The molecule has 0 atom stereocenters. The maximum Gasteiger partial charge on any atom is 0.212 e. The summed E-state index contributed by atoms with van der Waals surface area (Å²) in [7, 11) is 2.14. The van der Waals surface area contributed by atoms with Gasteiger partial charge in [-0.25, -0.2) is 4.57 Å². The van der Waals surface area contributed by atoms with Gasteiger partial charge in [0.05, 0.1) is 0 Å². The predicted octanol–water partition coefficient (Wildman–Crippen LogP) is 5.08. The van der Waals surface area contributed by atoms with Crippen LogP contribution < -0.4 is 4.57 Å². The van der Waals surface area contributed by atoms with Gasteiger partial charge in [-0.15, -0.1) is 0 Å². The first kappa shape index (κ1) is 16.7. The molecule has 0 bridgehead atoms. The van der Waals surface area contributed by atoms with E-state index in [-0.39, 0.29) is 10.8 Å². The second-order valence-electron chi connectivity index (χ2n) is 8.44. The van der Waals surface area contributed by atoms with Crippen molar-refractivity contribution in [2.45, 2.75) is 59.3 Å². The van der Waals surface area contributed by atoms with Crippen LogP contribution in [-0.2, 0) is 17.9 Å². The normalized spacial score (nSPS) is 12.5. The van der Waals surface area contributed by atoms with E-state index in [1.807, 2.05) is 0 Å². The molecule has 0 aliphatic rings. The number of rotatable bonds is 1. The zero-order chi connectivity index (χ0) is 16.7. The summed E-state index contributed by atoms with van der Waals surface area (Å²) in [5.41, 5.74) is 7.06. The van der Waals surface area contributed by atoms with E-state index < -0.39 is 0 Å². The van der Waals surface area contributed by atoms with Crippen molar-refractivity contribution in [3.05, 3.63) is 53.2 Å². The Morgan fingerprint density at radius 2 is 1.32 bits per heavy atom. The molecule has 22 heavy (non-hydrogen) atoms. The van der Waals surface area contributed by atoms with Crippen LogP contribution in [0.15, 0.2) is 36.5 Å². The van der Waals surface area contributed by atoms with Crippen molar-refractivity contribution in [3.63, 3.8) is 0 Å². The van der Waals surface area contributed by atoms with Crippen LogP contribution in [-0.4, -0.2) is 0 Å². The van der Waals surface area contributed by atoms with E-state index in [4.69, 9.17) is 0 Å². The minimum Gasteiger partial charge on any atom is -0.201 e. The molecule has 0 saturated heterocycles. The van der Waals surface area contributed by atoms with Crippen LogP contribution in [0.1, 0.15) is 58.2 Å². The molecule has 0 unspecified atom stereocenters. The van der Waals surface area contributed by atoms with Crippen molar-refractivity contribution in [1.82, 2.24) is 0 Å². The SMILES string of the molecule is Cc1cc(C(C)(C)C)ccc1-c1ccc(C(C)(C)C)c[n+]1C. The molecule has 1 heteroatoms. The van der Waals surface area contributed by atoms with Gasteiger partial charge < -0.3 is 0 Å². The van der Waals surface area contributed by atoms with Gasteiger partial charge in [0.2, 0.25) is 5.69 Å². The van der Waals surface area contributed by atoms with E-state index in [1.54, 1.807) is 0 Å². The van der Waals surface area contributed by atoms with Crippen molar-refractivity contribution in [1.29, 1.82) is 0 Å². The van der Waals surface area contributed by atoms with E-state index in [1.165, 1.54) is 27.9 Å². The number of hydrogen-bond acceptors (Lipinski definition) is 0. The molecule has 1 aromatic heterocycles. The molecule has 2 rings (SSSR count). The van der Waals surface area contributed by atoms with Crippen molar-refractivity contribution in [3.8, 4) is 11.3 Å². The molecular weight excluding hydrogens is 266 g/mol. The largest absolute Gasteiger partial charge is 0.212 e. The number of benzene rings is 1. The van der Waals surface area contributed by atoms with Crippen molar-refractivity contribution in [2.24, 2.45) is 7.05 Å². The van der Waals surface area contributed by atoms with Crippen LogP contribution in [0.4, 0.5) is 0 Å². The van der Waals surface area contributed by atoms with Crippen LogP contribution in [0.5, 0.6) is 0 Å². The fourth-order valence-electron chi connectivity index (χ4n) is 2.75. The Kier molecular flexibility index (Phi) is 4.21. The molecule has 1 aromatic carbocycles. The predicted molar refractivity (Wildman–Crippen MR) is 95.2 cm³/mol. The third-order valence-corrected chi connectivity index (χ3v) is 4.37. The zero-order valence-corrected chi connectivity index (χ0v) is 15.4. The second-order valence-corrected chi connectivity index (χ2v) is 8.44. The lowest BCUT2D eigenvalue weighted by molar-refractivity contribution is -0.661. The molecule has 0 N–H and O–H groups in total. The molecule has 0 saturated carbocycles. The second kappa shape index (κ2) is 5.53. The van der Waals surface area contributed by atoms with Crippen molar-refractivity contribution in [2.75, 3.05) is 0 Å². The fraction of sp³-hybridized carbons (Fsp3) is 0.476. The molecule has 0 aliphatic heterocycles. The van der Waals surface area contributed by atoms with E-state index in [2.05, 4.69) is 96.6 Å². The molecule has 1 heterocycles. The number of pyridine rings is 1. The number of aryl methyl sites for hydroxylation is 2. The summed E-state index contributed by atoms with van der Waals surface area (Å²) in [5, 5.41) is 0. The summed E-state index contributed by atoms with van der Waals surface area (Å²) in [6.45, 7) is 15.8. The minimum absolute atomic E-state index is 0.182. The standard InChI is InChI=1S/C21H30N/c1-15-13-16(20(2,3)4)9-11-18(15)19-12-10-17(14-22(19)8)21(5,6)7/h9-14H,1-8H3/q+1. The van der Waals surface area contributed by atoms with Crippen molar-refractivity contribution < 1.29 is 4.57 Å². The first-order valence-electron chi connectivity index (χ1n) is 8.12. The Morgan fingerprint density at radius 3 is 1.77 bits per heavy atom. The molecule has 0 fully saturated rings. The molecule has 1 nitrogen and oxygen atoms in total. The molecule has 118 valence electrons. The zero-order valence-electron chi connectivity index (χ0n) is 15.4. The average Bonchev–Trinajstić information content (AvgIpc) is 2.37. The molecular formula is C21H30N+. The molecule has 0 radical (unpaired) electrons. The summed E-state index contributed by atoms with van der Waals surface area (Å²) in [4.78, 5) is 0. The van der Waals surface area contributed by atoms with Gasteiger partial charge in [0.1, 0.15) is 7.05 Å². The first-order chi connectivity index (χ1) is 10.00. The van der Waals surface area contributed by atoms with E-state index in [9.17, 15) is 0 Å². The fourth-order valence-corrected chi connectivity index (χ4v) is 2.75. The number of nitrogens with zero attached hydrogens (tertiary/aromatic N) is 1. The van der Waals surface area contributed by atoms with Crippen LogP contribution in [0.25, 0.3) is 11.3 Å². The van der Waals surface area contributed by atoms with Crippen molar-refractivity contribution >= 4 is 0 Å². The van der Waals surface area contributed by atoms with Crippen LogP contribution in [0, 0.1) is 6.92 Å². The van der Waals surface area contributed by atoms with Gasteiger partial charge in [0.25, 0.3) is 0 Å². The minimum atomic E-state index is 0.182. The lowest BCUT2D eigenvalue weighted by Crippen LogP contribution is -2.33. The van der Waals surface area contributed by atoms with Gasteiger partial charge in [-0.2, -0.15) is 0 Å². The highest BCUT2D eigenvalue weighted by Gasteiger charge is 2.21. The molecule has 0 aliphatic carbocycles. The first-order valence-corrected chi connectivity index (χ1v) is 8.12. The lowest BCUT2D eigenvalue weighted by Gasteiger charge is -2.20. The van der Waals surface area contributed by atoms with Gasteiger partial charge in [0, 0.05) is 17.2 Å². The average molecular weight is 296 g/mol. The Morgan fingerprint density at radius 1 is 0.773 bits per heavy atom.